The van der Waals surface area contributed by atoms with Gasteiger partial charge >= 0.3 is 6.03 Å². The van der Waals surface area contributed by atoms with Crippen molar-refractivity contribution in [1.29, 1.82) is 0 Å². The molecule has 25 heavy (non-hydrogen) atoms. The van der Waals surface area contributed by atoms with Crippen LogP contribution in [-0.4, -0.2) is 48.0 Å². The molecule has 1 aromatic carbocycles. The van der Waals surface area contributed by atoms with Gasteiger partial charge in [-0.1, -0.05) is 6.07 Å². The highest BCUT2D eigenvalue weighted by molar-refractivity contribution is 5.94. The summed E-state index contributed by atoms with van der Waals surface area (Å²) in [6.07, 6.45) is 3.98. The molecular formula is C18H24N6O. The molecule has 2 aliphatic rings. The molecule has 7 nitrogen and oxygen atoms in total. The average Bonchev–Trinajstić information content (AvgIpc) is 3.24. The number of rotatable bonds is 4. The molecule has 7 heteroatoms. The van der Waals surface area contributed by atoms with E-state index in [1.807, 2.05) is 36.1 Å². The van der Waals surface area contributed by atoms with Crippen LogP contribution in [0.15, 0.2) is 36.5 Å². The molecule has 132 valence electrons. The Hall–Kier alpha value is -2.70. The zero-order valence-electron chi connectivity index (χ0n) is 14.5. The second kappa shape index (κ2) is 6.66. The molecular weight excluding hydrogens is 316 g/mol. The summed E-state index contributed by atoms with van der Waals surface area (Å²) in [6.45, 7) is 3.46. The largest absolute Gasteiger partial charge is 0.371 e. The maximum Gasteiger partial charge on any atom is 0.321 e. The fourth-order valence-electron chi connectivity index (χ4n) is 3.58. The quantitative estimate of drug-likeness (QED) is 0.894. The Bertz CT molecular complexity index is 750. The first-order valence-electron chi connectivity index (χ1n) is 8.85. The van der Waals surface area contributed by atoms with Crippen molar-refractivity contribution in [2.75, 3.05) is 41.3 Å². The lowest BCUT2D eigenvalue weighted by Gasteiger charge is -2.34. The maximum atomic E-state index is 11.9. The molecule has 2 saturated heterocycles. The summed E-state index contributed by atoms with van der Waals surface area (Å²) < 4.78 is 1.87. The van der Waals surface area contributed by atoms with Gasteiger partial charge in [0.05, 0.1) is 6.20 Å². The number of anilines is 3. The van der Waals surface area contributed by atoms with E-state index in [-0.39, 0.29) is 6.03 Å². The van der Waals surface area contributed by atoms with Crippen LogP contribution in [0, 0.1) is 0 Å². The second-order valence-electron chi connectivity index (χ2n) is 6.65. The standard InChI is InChI=1S/C18H24N6O/c1-22-17(5-8-20-22)21-14-6-10-23(11-7-14)15-3-2-4-16(13-15)24-12-9-19-18(24)25/h2-5,8,13-14,21H,6-7,9-12H2,1H3,(H,19,25). The van der Waals surface area contributed by atoms with Gasteiger partial charge in [-0.3, -0.25) is 9.58 Å². The molecule has 2 aliphatic heterocycles. The third-order valence-corrected chi connectivity index (χ3v) is 5.03. The number of carbonyl (C=O) groups excluding carboxylic acids is 1. The van der Waals surface area contributed by atoms with Gasteiger partial charge in [-0.25, -0.2) is 4.79 Å². The highest BCUT2D eigenvalue weighted by Gasteiger charge is 2.23. The molecule has 0 atom stereocenters. The van der Waals surface area contributed by atoms with E-state index in [2.05, 4.69) is 32.8 Å². The van der Waals surface area contributed by atoms with Crippen molar-refractivity contribution in [2.45, 2.75) is 18.9 Å². The van der Waals surface area contributed by atoms with Gasteiger partial charge in [0.25, 0.3) is 0 Å². The normalized spacial score (nSPS) is 18.5. The maximum absolute atomic E-state index is 11.9. The molecule has 0 aliphatic carbocycles. The lowest BCUT2D eigenvalue weighted by Crippen LogP contribution is -2.39. The van der Waals surface area contributed by atoms with Crippen LogP contribution in [0.25, 0.3) is 0 Å². The zero-order chi connectivity index (χ0) is 17.2. The van der Waals surface area contributed by atoms with Crippen molar-refractivity contribution < 1.29 is 4.79 Å². The minimum Gasteiger partial charge on any atom is -0.371 e. The van der Waals surface area contributed by atoms with E-state index in [1.165, 1.54) is 5.69 Å². The number of nitrogens with one attached hydrogen (secondary N) is 2. The number of piperidine rings is 1. The van der Waals surface area contributed by atoms with Crippen LogP contribution in [0.5, 0.6) is 0 Å². The highest BCUT2D eigenvalue weighted by Crippen LogP contribution is 2.26. The van der Waals surface area contributed by atoms with Crippen molar-refractivity contribution in [2.24, 2.45) is 7.05 Å². The number of amides is 2. The molecule has 0 bridgehead atoms. The zero-order valence-corrected chi connectivity index (χ0v) is 14.5. The van der Waals surface area contributed by atoms with Gasteiger partial charge < -0.3 is 15.5 Å². The monoisotopic (exact) mass is 340 g/mol. The van der Waals surface area contributed by atoms with Crippen LogP contribution in [0.2, 0.25) is 0 Å². The summed E-state index contributed by atoms with van der Waals surface area (Å²) in [5.74, 6) is 1.07. The van der Waals surface area contributed by atoms with Gasteiger partial charge in [-0.2, -0.15) is 5.10 Å². The summed E-state index contributed by atoms with van der Waals surface area (Å²) in [7, 11) is 1.96. The molecule has 0 radical (unpaired) electrons. The lowest BCUT2D eigenvalue weighted by atomic mass is 10.0. The fourth-order valence-corrected chi connectivity index (χ4v) is 3.58. The van der Waals surface area contributed by atoms with Gasteiger partial charge in [-0.15, -0.1) is 0 Å². The second-order valence-corrected chi connectivity index (χ2v) is 6.65. The number of aromatic nitrogens is 2. The predicted molar refractivity (Wildman–Crippen MR) is 99.3 cm³/mol. The number of aryl methyl sites for hydroxylation is 1. The van der Waals surface area contributed by atoms with Crippen molar-refractivity contribution in [3.63, 3.8) is 0 Å². The molecule has 0 spiro atoms. The van der Waals surface area contributed by atoms with Gasteiger partial charge in [0.2, 0.25) is 0 Å². The first-order valence-corrected chi connectivity index (χ1v) is 8.85. The smallest absolute Gasteiger partial charge is 0.321 e. The van der Waals surface area contributed by atoms with E-state index >= 15 is 0 Å². The summed E-state index contributed by atoms with van der Waals surface area (Å²) in [5, 5.41) is 10.6. The van der Waals surface area contributed by atoms with E-state index in [9.17, 15) is 4.79 Å². The number of benzene rings is 1. The summed E-state index contributed by atoms with van der Waals surface area (Å²) >= 11 is 0. The number of nitrogens with zero attached hydrogens (tertiary/aromatic N) is 4. The van der Waals surface area contributed by atoms with Crippen LogP contribution in [0.4, 0.5) is 22.0 Å². The van der Waals surface area contributed by atoms with E-state index in [0.717, 1.165) is 44.0 Å². The average molecular weight is 340 g/mol. The molecule has 4 rings (SSSR count). The number of hydrogen-bond donors (Lipinski definition) is 2. The van der Waals surface area contributed by atoms with Crippen LogP contribution >= 0.6 is 0 Å². The Morgan fingerprint density at radius 3 is 2.64 bits per heavy atom. The fraction of sp³-hybridized carbons (Fsp3) is 0.444. The first kappa shape index (κ1) is 15.8. The molecule has 2 amide bonds. The first-order chi connectivity index (χ1) is 12.2. The van der Waals surface area contributed by atoms with Gasteiger partial charge in [0.1, 0.15) is 5.82 Å². The molecule has 2 aromatic rings. The third-order valence-electron chi connectivity index (χ3n) is 5.03. The molecule has 1 aromatic heterocycles. The van der Waals surface area contributed by atoms with E-state index in [1.54, 1.807) is 4.90 Å². The molecule has 0 saturated carbocycles. The summed E-state index contributed by atoms with van der Waals surface area (Å²) in [4.78, 5) is 16.1. The van der Waals surface area contributed by atoms with Crippen LogP contribution in [0.3, 0.4) is 0 Å². The van der Waals surface area contributed by atoms with Crippen LogP contribution < -0.4 is 20.4 Å². The highest BCUT2D eigenvalue weighted by atomic mass is 16.2. The Balaban J connectivity index is 1.39. The Kier molecular flexibility index (Phi) is 4.21. The number of urea groups is 1. The molecule has 2 fully saturated rings. The predicted octanol–water partition coefficient (Wildman–Crippen LogP) is 2.03. The Morgan fingerprint density at radius 1 is 1.16 bits per heavy atom. The summed E-state index contributed by atoms with van der Waals surface area (Å²) in [6, 6.07) is 10.8. The number of carbonyl (C=O) groups is 1. The minimum atomic E-state index is -0.00349. The van der Waals surface area contributed by atoms with E-state index < -0.39 is 0 Å². The van der Waals surface area contributed by atoms with Crippen molar-refractivity contribution in [3.8, 4) is 0 Å². The Morgan fingerprint density at radius 2 is 1.96 bits per heavy atom. The van der Waals surface area contributed by atoms with Gasteiger partial charge in [0.15, 0.2) is 0 Å². The third kappa shape index (κ3) is 3.26. The topological polar surface area (TPSA) is 65.4 Å². The van der Waals surface area contributed by atoms with Crippen molar-refractivity contribution >= 4 is 23.2 Å². The lowest BCUT2D eigenvalue weighted by molar-refractivity contribution is 0.252. The minimum absolute atomic E-state index is 0.00349. The van der Waals surface area contributed by atoms with E-state index in [4.69, 9.17) is 0 Å². The van der Waals surface area contributed by atoms with Crippen LogP contribution in [-0.2, 0) is 7.05 Å². The van der Waals surface area contributed by atoms with Gasteiger partial charge in [0, 0.05) is 56.7 Å². The van der Waals surface area contributed by atoms with Gasteiger partial charge in [-0.05, 0) is 31.0 Å². The van der Waals surface area contributed by atoms with Crippen molar-refractivity contribution in [3.05, 3.63) is 36.5 Å². The SMILES string of the molecule is Cn1nccc1NC1CCN(c2cccc(N3CCNC3=O)c2)CC1. The van der Waals surface area contributed by atoms with Crippen molar-refractivity contribution in [1.82, 2.24) is 15.1 Å². The molecule has 2 N–H and O–H groups in total. The molecule has 0 unspecified atom stereocenters. The van der Waals surface area contributed by atoms with E-state index in [0.29, 0.717) is 12.6 Å². The summed E-state index contributed by atoms with van der Waals surface area (Å²) in [5.41, 5.74) is 2.17. The molecule has 3 heterocycles. The Labute approximate surface area is 147 Å². The number of hydrogen-bond acceptors (Lipinski definition) is 4. The van der Waals surface area contributed by atoms with Crippen LogP contribution in [0.1, 0.15) is 12.8 Å².